The van der Waals surface area contributed by atoms with E-state index >= 15 is 0 Å². The lowest BCUT2D eigenvalue weighted by molar-refractivity contribution is -0.0407. The minimum Gasteiger partial charge on any atom is -0.394 e. The maximum absolute atomic E-state index is 9.04. The Bertz CT molecular complexity index is 159. The van der Waals surface area contributed by atoms with Crippen LogP contribution in [-0.4, -0.2) is 46.5 Å². The van der Waals surface area contributed by atoms with Gasteiger partial charge < -0.3 is 20.2 Å². The van der Waals surface area contributed by atoms with Gasteiger partial charge in [0.2, 0.25) is 0 Å². The highest BCUT2D eigenvalue weighted by molar-refractivity contribution is 5.86. The second kappa shape index (κ2) is 3.66. The summed E-state index contributed by atoms with van der Waals surface area (Å²) in [7, 11) is 0. The fraction of sp³-hybridized carbons (Fsp3) is 0.833. The van der Waals surface area contributed by atoms with E-state index in [1.165, 1.54) is 0 Å². The van der Waals surface area contributed by atoms with Gasteiger partial charge in [0.15, 0.2) is 6.10 Å². The van der Waals surface area contributed by atoms with Gasteiger partial charge in [-0.15, -0.1) is 0 Å². The van der Waals surface area contributed by atoms with Crippen molar-refractivity contribution in [3.8, 4) is 0 Å². The Balaban J connectivity index is 2.34. The summed E-state index contributed by atoms with van der Waals surface area (Å²) in [5, 5.41) is 29.6. The van der Waals surface area contributed by atoms with Gasteiger partial charge in [0.1, 0.15) is 6.10 Å². The lowest BCUT2D eigenvalue weighted by Gasteiger charge is -2.12. The fourth-order valence-corrected chi connectivity index (χ4v) is 0.866. The molecule has 0 aromatic rings. The molecule has 2 atom stereocenters. The zero-order valence-electron chi connectivity index (χ0n) is 5.97. The van der Waals surface area contributed by atoms with Gasteiger partial charge in [-0.2, -0.15) is 0 Å². The van der Waals surface area contributed by atoms with Crippen LogP contribution in [0.4, 0.5) is 0 Å². The average molecular weight is 161 g/mol. The number of aliphatic hydroxyl groups excluding tert-OH is 3. The third-order valence-electron chi connectivity index (χ3n) is 1.55. The molecule has 0 saturated heterocycles. The van der Waals surface area contributed by atoms with E-state index in [9.17, 15) is 0 Å². The summed E-state index contributed by atoms with van der Waals surface area (Å²) in [6.07, 6.45) is -1.02. The third kappa shape index (κ3) is 1.89. The number of rotatable bonds is 3. The number of aliphatic hydroxyl groups is 3. The van der Waals surface area contributed by atoms with Crippen LogP contribution in [0.25, 0.3) is 0 Å². The summed E-state index contributed by atoms with van der Waals surface area (Å²) in [4.78, 5) is 4.73. The van der Waals surface area contributed by atoms with Gasteiger partial charge in [0, 0.05) is 6.42 Å². The van der Waals surface area contributed by atoms with Crippen LogP contribution in [0.2, 0.25) is 0 Å². The number of nitrogens with zero attached hydrogens (tertiary/aromatic N) is 1. The second-order valence-electron chi connectivity index (χ2n) is 2.41. The highest BCUT2D eigenvalue weighted by Crippen LogP contribution is 2.13. The first-order valence-electron chi connectivity index (χ1n) is 3.39. The summed E-state index contributed by atoms with van der Waals surface area (Å²) in [5.74, 6) is 0. The molecule has 0 bridgehead atoms. The smallest absolute Gasteiger partial charge is 0.160 e. The van der Waals surface area contributed by atoms with Gasteiger partial charge in [0.25, 0.3) is 0 Å². The monoisotopic (exact) mass is 161 g/mol. The molecule has 5 nitrogen and oxygen atoms in total. The molecule has 0 amide bonds. The molecule has 0 saturated carbocycles. The van der Waals surface area contributed by atoms with Gasteiger partial charge in [0.05, 0.1) is 18.9 Å². The van der Waals surface area contributed by atoms with Gasteiger partial charge in [-0.25, -0.2) is 0 Å². The Hall–Kier alpha value is -0.650. The van der Waals surface area contributed by atoms with Crippen LogP contribution < -0.4 is 0 Å². The molecule has 3 N–H and O–H groups in total. The maximum atomic E-state index is 9.04. The van der Waals surface area contributed by atoms with E-state index < -0.39 is 12.2 Å². The highest BCUT2D eigenvalue weighted by Gasteiger charge is 2.26. The van der Waals surface area contributed by atoms with Gasteiger partial charge in [-0.3, -0.25) is 0 Å². The SMILES string of the molecule is OCC1=NO[C@@H]([C@H](O)CO)C1. The summed E-state index contributed by atoms with van der Waals surface area (Å²) in [5.41, 5.74) is 0.502. The van der Waals surface area contributed by atoms with Crippen LogP contribution in [-0.2, 0) is 4.84 Å². The number of hydrogen-bond acceptors (Lipinski definition) is 5. The van der Waals surface area contributed by atoms with Crippen LogP contribution >= 0.6 is 0 Å². The normalized spacial score (nSPS) is 26.1. The molecule has 5 heteroatoms. The Morgan fingerprint density at radius 3 is 2.82 bits per heavy atom. The molecular weight excluding hydrogens is 150 g/mol. The first kappa shape index (κ1) is 8.45. The van der Waals surface area contributed by atoms with E-state index in [0.29, 0.717) is 12.1 Å². The average Bonchev–Trinajstić information content (AvgIpc) is 2.50. The van der Waals surface area contributed by atoms with Crippen molar-refractivity contribution >= 4 is 5.71 Å². The minimum atomic E-state index is -0.914. The predicted molar refractivity (Wildman–Crippen MR) is 37.1 cm³/mol. The number of oxime groups is 1. The lowest BCUT2D eigenvalue weighted by atomic mass is 10.1. The van der Waals surface area contributed by atoms with Crippen LogP contribution in [0.3, 0.4) is 0 Å². The zero-order chi connectivity index (χ0) is 8.27. The Labute approximate surface area is 63.9 Å². The van der Waals surface area contributed by atoms with Crippen LogP contribution in [0.1, 0.15) is 6.42 Å². The Kier molecular flexibility index (Phi) is 2.81. The molecule has 0 aliphatic carbocycles. The molecule has 11 heavy (non-hydrogen) atoms. The first-order chi connectivity index (χ1) is 5.27. The summed E-state index contributed by atoms with van der Waals surface area (Å²) in [6.45, 7) is -0.506. The second-order valence-corrected chi connectivity index (χ2v) is 2.41. The first-order valence-corrected chi connectivity index (χ1v) is 3.39. The fourth-order valence-electron chi connectivity index (χ4n) is 0.866. The molecule has 1 rings (SSSR count). The van der Waals surface area contributed by atoms with E-state index in [2.05, 4.69) is 5.16 Å². The van der Waals surface area contributed by atoms with Gasteiger partial charge in [-0.05, 0) is 0 Å². The van der Waals surface area contributed by atoms with Crippen molar-refractivity contribution in [2.75, 3.05) is 13.2 Å². The van der Waals surface area contributed by atoms with Crippen LogP contribution in [0.15, 0.2) is 5.16 Å². The quantitative estimate of drug-likeness (QED) is 0.469. The molecule has 0 aromatic carbocycles. The van der Waals surface area contributed by atoms with Gasteiger partial charge >= 0.3 is 0 Å². The van der Waals surface area contributed by atoms with Crippen molar-refractivity contribution in [3.05, 3.63) is 0 Å². The minimum absolute atomic E-state index is 0.158. The molecule has 0 aromatic heterocycles. The molecule has 0 fully saturated rings. The van der Waals surface area contributed by atoms with E-state index in [1.54, 1.807) is 0 Å². The Morgan fingerprint density at radius 1 is 1.64 bits per heavy atom. The molecule has 1 aliphatic rings. The zero-order valence-corrected chi connectivity index (χ0v) is 5.97. The molecule has 0 spiro atoms. The lowest BCUT2D eigenvalue weighted by Crippen LogP contribution is -2.29. The molecule has 64 valence electrons. The van der Waals surface area contributed by atoms with E-state index in [4.69, 9.17) is 20.2 Å². The van der Waals surface area contributed by atoms with E-state index in [-0.39, 0.29) is 13.2 Å². The highest BCUT2D eigenvalue weighted by atomic mass is 16.7. The van der Waals surface area contributed by atoms with Crippen molar-refractivity contribution in [2.45, 2.75) is 18.6 Å². The van der Waals surface area contributed by atoms with E-state index in [1.807, 2.05) is 0 Å². The van der Waals surface area contributed by atoms with Crippen molar-refractivity contribution in [3.63, 3.8) is 0 Å². The maximum Gasteiger partial charge on any atom is 0.160 e. The van der Waals surface area contributed by atoms with Gasteiger partial charge in [-0.1, -0.05) is 5.16 Å². The van der Waals surface area contributed by atoms with Crippen molar-refractivity contribution in [1.82, 2.24) is 0 Å². The molecule has 1 aliphatic heterocycles. The predicted octanol–water partition coefficient (Wildman–Crippen LogP) is -1.52. The largest absolute Gasteiger partial charge is 0.394 e. The summed E-state index contributed by atoms with van der Waals surface area (Å²) in [6, 6.07) is 0. The Morgan fingerprint density at radius 2 is 2.36 bits per heavy atom. The standard InChI is InChI=1S/C6H11NO4/c8-2-4-1-6(11-7-4)5(10)3-9/h5-6,8-10H,1-3H2/t5-,6-/m1/s1. The van der Waals surface area contributed by atoms with E-state index in [0.717, 1.165) is 0 Å². The number of hydrogen-bond donors (Lipinski definition) is 3. The van der Waals surface area contributed by atoms with Crippen molar-refractivity contribution in [2.24, 2.45) is 5.16 Å². The molecule has 0 radical (unpaired) electrons. The van der Waals surface area contributed by atoms with Crippen LogP contribution in [0, 0.1) is 0 Å². The molecule has 1 heterocycles. The van der Waals surface area contributed by atoms with Crippen LogP contribution in [0.5, 0.6) is 0 Å². The topological polar surface area (TPSA) is 82.3 Å². The third-order valence-corrected chi connectivity index (χ3v) is 1.55. The van der Waals surface area contributed by atoms with Crippen molar-refractivity contribution < 1.29 is 20.2 Å². The van der Waals surface area contributed by atoms with Crippen molar-refractivity contribution in [1.29, 1.82) is 0 Å². The summed E-state index contributed by atoms with van der Waals surface area (Å²) >= 11 is 0. The molecular formula is C6H11NO4. The molecule has 0 unspecified atom stereocenters. The summed E-state index contributed by atoms with van der Waals surface area (Å²) < 4.78 is 0.